The summed E-state index contributed by atoms with van der Waals surface area (Å²) in [7, 11) is 0. The average molecular weight is 267 g/mol. The van der Waals surface area contributed by atoms with Crippen LogP contribution in [0, 0.1) is 0 Å². The van der Waals surface area contributed by atoms with Gasteiger partial charge in [-0.2, -0.15) is 4.98 Å². The second-order valence-corrected chi connectivity index (χ2v) is 5.39. The molecule has 0 aliphatic heterocycles. The molecule has 0 saturated carbocycles. The smallest absolute Gasteiger partial charge is 0.226 e. The summed E-state index contributed by atoms with van der Waals surface area (Å²) in [6, 6.07) is 0. The first-order valence-electron chi connectivity index (χ1n) is 7.78. The molecule has 0 aliphatic rings. The highest BCUT2D eigenvalue weighted by Crippen LogP contribution is 2.23. The predicted octanol–water partition coefficient (Wildman–Crippen LogP) is 3.95. The van der Waals surface area contributed by atoms with Gasteiger partial charge >= 0.3 is 0 Å². The standard InChI is InChI=1S/C15H29N3O/c1-4-7-8-9-10-11-12-13-17-14(18-19-13)15(16,5-2)6-3/h4-12,16H2,1-3H3. The molecule has 0 radical (unpaired) electrons. The molecule has 19 heavy (non-hydrogen) atoms. The summed E-state index contributed by atoms with van der Waals surface area (Å²) in [5.74, 6) is 1.40. The molecule has 110 valence electrons. The van der Waals surface area contributed by atoms with Gasteiger partial charge in [0.25, 0.3) is 0 Å². The number of nitrogens with two attached hydrogens (primary N) is 1. The van der Waals surface area contributed by atoms with Crippen molar-refractivity contribution < 1.29 is 4.52 Å². The van der Waals surface area contributed by atoms with Crippen LogP contribution < -0.4 is 5.73 Å². The van der Waals surface area contributed by atoms with Gasteiger partial charge < -0.3 is 10.3 Å². The molecule has 0 saturated heterocycles. The van der Waals surface area contributed by atoms with Gasteiger partial charge in [0, 0.05) is 6.42 Å². The van der Waals surface area contributed by atoms with Crippen LogP contribution in [0.25, 0.3) is 0 Å². The Kier molecular flexibility index (Phi) is 7.06. The van der Waals surface area contributed by atoms with E-state index in [9.17, 15) is 0 Å². The maximum atomic E-state index is 6.26. The van der Waals surface area contributed by atoms with Gasteiger partial charge in [-0.15, -0.1) is 0 Å². The van der Waals surface area contributed by atoms with Crippen LogP contribution in [0.15, 0.2) is 4.52 Å². The van der Waals surface area contributed by atoms with Crippen molar-refractivity contribution in [1.82, 2.24) is 10.1 Å². The second kappa shape index (κ2) is 8.31. The third kappa shape index (κ3) is 4.94. The van der Waals surface area contributed by atoms with Gasteiger partial charge in [-0.1, -0.05) is 58.0 Å². The average Bonchev–Trinajstić information content (AvgIpc) is 2.91. The van der Waals surface area contributed by atoms with Crippen molar-refractivity contribution in [3.8, 4) is 0 Å². The molecule has 0 bridgehead atoms. The van der Waals surface area contributed by atoms with E-state index in [1.54, 1.807) is 0 Å². The lowest BCUT2D eigenvalue weighted by Crippen LogP contribution is -2.36. The number of unbranched alkanes of at least 4 members (excludes halogenated alkanes) is 5. The highest BCUT2D eigenvalue weighted by Gasteiger charge is 2.28. The van der Waals surface area contributed by atoms with E-state index in [0.29, 0.717) is 5.82 Å². The number of aromatic nitrogens is 2. The first-order chi connectivity index (χ1) is 9.16. The molecule has 0 aromatic carbocycles. The van der Waals surface area contributed by atoms with Crippen LogP contribution in [0.1, 0.15) is 83.9 Å². The maximum Gasteiger partial charge on any atom is 0.226 e. The summed E-state index contributed by atoms with van der Waals surface area (Å²) >= 11 is 0. The van der Waals surface area contributed by atoms with Crippen molar-refractivity contribution in [3.05, 3.63) is 11.7 Å². The van der Waals surface area contributed by atoms with Crippen LogP contribution >= 0.6 is 0 Å². The molecule has 1 rings (SSSR count). The van der Waals surface area contributed by atoms with Gasteiger partial charge in [0.15, 0.2) is 5.82 Å². The third-order valence-electron chi connectivity index (χ3n) is 3.92. The molecule has 0 amide bonds. The zero-order valence-electron chi connectivity index (χ0n) is 12.7. The Morgan fingerprint density at radius 1 is 1.00 bits per heavy atom. The Bertz CT molecular complexity index is 345. The highest BCUT2D eigenvalue weighted by atomic mass is 16.5. The molecular weight excluding hydrogens is 238 g/mol. The zero-order chi connectivity index (χ0) is 14.1. The SMILES string of the molecule is CCCCCCCCc1nc(C(N)(CC)CC)no1. The van der Waals surface area contributed by atoms with Crippen molar-refractivity contribution in [2.75, 3.05) is 0 Å². The number of hydrogen-bond donors (Lipinski definition) is 1. The summed E-state index contributed by atoms with van der Waals surface area (Å²) in [4.78, 5) is 4.46. The van der Waals surface area contributed by atoms with Crippen LogP contribution in [-0.2, 0) is 12.0 Å². The summed E-state index contributed by atoms with van der Waals surface area (Å²) in [6.45, 7) is 6.36. The number of hydrogen-bond acceptors (Lipinski definition) is 4. The van der Waals surface area contributed by atoms with Gasteiger partial charge in [0.2, 0.25) is 5.89 Å². The first-order valence-corrected chi connectivity index (χ1v) is 7.78. The van der Waals surface area contributed by atoms with Crippen molar-refractivity contribution in [1.29, 1.82) is 0 Å². The molecule has 4 heteroatoms. The van der Waals surface area contributed by atoms with Crippen LogP contribution in [0.2, 0.25) is 0 Å². The molecule has 4 nitrogen and oxygen atoms in total. The van der Waals surface area contributed by atoms with Crippen molar-refractivity contribution >= 4 is 0 Å². The maximum absolute atomic E-state index is 6.26. The minimum absolute atomic E-state index is 0.428. The van der Waals surface area contributed by atoms with Gasteiger partial charge in [-0.3, -0.25) is 0 Å². The normalized spacial score (nSPS) is 12.0. The van der Waals surface area contributed by atoms with Crippen LogP contribution in [0.5, 0.6) is 0 Å². The largest absolute Gasteiger partial charge is 0.339 e. The predicted molar refractivity (Wildman–Crippen MR) is 77.8 cm³/mol. The van der Waals surface area contributed by atoms with E-state index in [1.807, 2.05) is 0 Å². The van der Waals surface area contributed by atoms with E-state index < -0.39 is 5.54 Å². The second-order valence-electron chi connectivity index (χ2n) is 5.39. The Balaban J connectivity index is 2.35. The zero-order valence-corrected chi connectivity index (χ0v) is 12.7. The van der Waals surface area contributed by atoms with E-state index >= 15 is 0 Å². The Hall–Kier alpha value is -0.900. The fraction of sp³-hybridized carbons (Fsp3) is 0.867. The Morgan fingerprint density at radius 3 is 2.26 bits per heavy atom. The fourth-order valence-electron chi connectivity index (χ4n) is 2.18. The number of nitrogens with zero attached hydrogens (tertiary/aromatic N) is 2. The quantitative estimate of drug-likeness (QED) is 0.652. The minimum Gasteiger partial charge on any atom is -0.339 e. The number of rotatable bonds is 10. The summed E-state index contributed by atoms with van der Waals surface area (Å²) in [5, 5.41) is 4.05. The van der Waals surface area contributed by atoms with Crippen LogP contribution in [0.4, 0.5) is 0 Å². The van der Waals surface area contributed by atoms with Crippen LogP contribution in [0.3, 0.4) is 0 Å². The molecule has 0 fully saturated rings. The van der Waals surface area contributed by atoms with Gasteiger partial charge in [-0.25, -0.2) is 0 Å². The molecule has 1 aromatic rings. The van der Waals surface area contributed by atoms with E-state index in [-0.39, 0.29) is 0 Å². The molecule has 0 aliphatic carbocycles. The highest BCUT2D eigenvalue weighted by molar-refractivity contribution is 5.02. The lowest BCUT2D eigenvalue weighted by atomic mass is 9.93. The molecular formula is C15H29N3O. The molecule has 0 spiro atoms. The van der Waals surface area contributed by atoms with Crippen molar-refractivity contribution in [2.24, 2.45) is 5.73 Å². The van der Waals surface area contributed by atoms with Gasteiger partial charge in [-0.05, 0) is 19.3 Å². The van der Waals surface area contributed by atoms with E-state index in [4.69, 9.17) is 10.3 Å². The van der Waals surface area contributed by atoms with Gasteiger partial charge in [0.05, 0.1) is 5.54 Å². The lowest BCUT2D eigenvalue weighted by molar-refractivity contribution is 0.333. The van der Waals surface area contributed by atoms with Crippen LogP contribution in [-0.4, -0.2) is 10.1 Å². The monoisotopic (exact) mass is 267 g/mol. The number of aryl methyl sites for hydroxylation is 1. The summed E-state index contributed by atoms with van der Waals surface area (Å²) in [5.41, 5.74) is 5.83. The van der Waals surface area contributed by atoms with E-state index in [2.05, 4.69) is 30.9 Å². The molecule has 0 atom stereocenters. The topological polar surface area (TPSA) is 64.9 Å². The Morgan fingerprint density at radius 2 is 1.63 bits per heavy atom. The van der Waals surface area contributed by atoms with Crippen molar-refractivity contribution in [2.45, 2.75) is 84.1 Å². The summed E-state index contributed by atoms with van der Waals surface area (Å²) < 4.78 is 5.30. The molecule has 2 N–H and O–H groups in total. The molecule has 1 heterocycles. The molecule has 0 unspecified atom stereocenters. The summed E-state index contributed by atoms with van der Waals surface area (Å²) in [6.07, 6.45) is 10.2. The van der Waals surface area contributed by atoms with Gasteiger partial charge in [0.1, 0.15) is 0 Å². The lowest BCUT2D eigenvalue weighted by Gasteiger charge is -2.21. The Labute approximate surface area is 117 Å². The minimum atomic E-state index is -0.428. The molecule has 1 aromatic heterocycles. The van der Waals surface area contributed by atoms with E-state index in [1.165, 1.54) is 32.1 Å². The van der Waals surface area contributed by atoms with E-state index in [0.717, 1.165) is 31.6 Å². The van der Waals surface area contributed by atoms with Crippen molar-refractivity contribution in [3.63, 3.8) is 0 Å². The first kappa shape index (κ1) is 16.2. The fourth-order valence-corrected chi connectivity index (χ4v) is 2.18. The third-order valence-corrected chi connectivity index (χ3v) is 3.92.